The van der Waals surface area contributed by atoms with E-state index in [9.17, 15) is 27.2 Å². The molecule has 4 nitrogen and oxygen atoms in total. The number of hydrogen-bond acceptors (Lipinski definition) is 3. The van der Waals surface area contributed by atoms with Crippen LogP contribution in [0.3, 0.4) is 0 Å². The average Bonchev–Trinajstić information content (AvgIpc) is 2.87. The third kappa shape index (κ3) is 6.33. The zero-order chi connectivity index (χ0) is 25.9. The number of nitrogens with two attached hydrogens (primary N) is 1. The topological polar surface area (TPSA) is 63.4 Å². The minimum atomic E-state index is -4.46. The third-order valence-corrected chi connectivity index (χ3v) is 7.87. The molecule has 0 spiro atoms. The Morgan fingerprint density at radius 1 is 0.917 bits per heavy atom. The van der Waals surface area contributed by atoms with E-state index in [0.717, 1.165) is 76.7 Å². The molecule has 0 atom stereocenters. The van der Waals surface area contributed by atoms with Crippen LogP contribution in [-0.4, -0.2) is 36.2 Å². The largest absolute Gasteiger partial charge is 0.416 e. The number of piperidine rings is 1. The van der Waals surface area contributed by atoms with Crippen molar-refractivity contribution >= 4 is 11.7 Å². The second-order valence-electron chi connectivity index (χ2n) is 10.2. The minimum absolute atomic E-state index is 0.0333. The molecule has 1 saturated heterocycles. The van der Waals surface area contributed by atoms with Gasteiger partial charge in [-0.1, -0.05) is 0 Å². The number of likely N-dealkylation sites (tertiary alicyclic amines) is 1. The van der Waals surface area contributed by atoms with Gasteiger partial charge >= 0.3 is 6.18 Å². The lowest BCUT2D eigenvalue weighted by molar-refractivity contribution is -0.137. The van der Waals surface area contributed by atoms with Crippen LogP contribution in [0.25, 0.3) is 0 Å². The van der Waals surface area contributed by atoms with Crippen LogP contribution in [0.5, 0.6) is 0 Å². The Kier molecular flexibility index (Phi) is 8.13. The number of benzene rings is 2. The first-order chi connectivity index (χ1) is 17.1. The van der Waals surface area contributed by atoms with Gasteiger partial charge in [0.2, 0.25) is 5.91 Å². The first-order valence-electron chi connectivity index (χ1n) is 12.6. The van der Waals surface area contributed by atoms with Crippen LogP contribution in [0.4, 0.5) is 17.6 Å². The molecular weight excluding hydrogens is 472 g/mol. The van der Waals surface area contributed by atoms with E-state index in [-0.39, 0.29) is 29.0 Å². The van der Waals surface area contributed by atoms with Gasteiger partial charge in [0.1, 0.15) is 5.82 Å². The molecule has 1 saturated carbocycles. The van der Waals surface area contributed by atoms with E-state index < -0.39 is 17.6 Å². The fourth-order valence-electron chi connectivity index (χ4n) is 5.70. The van der Waals surface area contributed by atoms with Gasteiger partial charge in [0.15, 0.2) is 5.78 Å². The number of halogens is 4. The maximum Gasteiger partial charge on any atom is 0.416 e. The molecule has 2 N–H and O–H groups in total. The van der Waals surface area contributed by atoms with Crippen LogP contribution in [0.15, 0.2) is 42.5 Å². The van der Waals surface area contributed by atoms with E-state index in [0.29, 0.717) is 17.0 Å². The van der Waals surface area contributed by atoms with Crippen molar-refractivity contribution in [2.75, 3.05) is 19.6 Å². The van der Waals surface area contributed by atoms with Gasteiger partial charge in [0, 0.05) is 17.0 Å². The lowest BCUT2D eigenvalue weighted by Gasteiger charge is -2.34. The van der Waals surface area contributed by atoms with Crippen molar-refractivity contribution in [2.24, 2.45) is 17.6 Å². The van der Waals surface area contributed by atoms with Gasteiger partial charge in [-0.15, -0.1) is 0 Å². The van der Waals surface area contributed by atoms with Gasteiger partial charge in [-0.2, -0.15) is 13.2 Å². The van der Waals surface area contributed by atoms with Crippen LogP contribution in [-0.2, 0) is 6.18 Å². The molecule has 194 valence electrons. The van der Waals surface area contributed by atoms with Gasteiger partial charge < -0.3 is 10.6 Å². The SMILES string of the molecule is NC(=O)c1ccc(C(F)(F)F)cc1C1CCC(CCN2CCC(C(=O)c3ccc(F)cc3)CC2)CC1. The molecule has 36 heavy (non-hydrogen) atoms. The summed E-state index contributed by atoms with van der Waals surface area (Å²) in [5, 5.41) is 0. The predicted octanol–water partition coefficient (Wildman–Crippen LogP) is 6.20. The summed E-state index contributed by atoms with van der Waals surface area (Å²) in [5.41, 5.74) is 5.87. The Labute approximate surface area is 208 Å². The highest BCUT2D eigenvalue weighted by atomic mass is 19.4. The monoisotopic (exact) mass is 504 g/mol. The maximum atomic E-state index is 13.2. The van der Waals surface area contributed by atoms with E-state index in [1.165, 1.54) is 18.2 Å². The summed E-state index contributed by atoms with van der Waals surface area (Å²) in [6.45, 7) is 2.63. The normalized spacial score (nSPS) is 21.9. The summed E-state index contributed by atoms with van der Waals surface area (Å²) in [7, 11) is 0. The molecule has 0 unspecified atom stereocenters. The molecule has 1 heterocycles. The lowest BCUT2D eigenvalue weighted by Crippen LogP contribution is -2.37. The van der Waals surface area contributed by atoms with E-state index in [2.05, 4.69) is 4.90 Å². The number of amides is 1. The van der Waals surface area contributed by atoms with E-state index in [4.69, 9.17) is 5.73 Å². The summed E-state index contributed by atoms with van der Waals surface area (Å²) < 4.78 is 52.8. The summed E-state index contributed by atoms with van der Waals surface area (Å²) in [5.74, 6) is -0.602. The van der Waals surface area contributed by atoms with Gasteiger partial charge in [-0.3, -0.25) is 9.59 Å². The Balaban J connectivity index is 1.25. The fraction of sp³-hybridized carbons (Fsp3) is 0.500. The molecule has 1 aliphatic carbocycles. The molecule has 1 aliphatic heterocycles. The van der Waals surface area contributed by atoms with Gasteiger partial charge in [0.05, 0.1) is 5.56 Å². The lowest BCUT2D eigenvalue weighted by atomic mass is 9.76. The summed E-state index contributed by atoms with van der Waals surface area (Å²) >= 11 is 0. The second kappa shape index (κ2) is 11.1. The number of Topliss-reactive ketones (excluding diaryl/α,β-unsaturated/α-hetero) is 1. The molecular formula is C28H32F4N2O2. The number of carbonyl (C=O) groups excluding carboxylic acids is 2. The van der Waals surface area contributed by atoms with Crippen molar-refractivity contribution in [3.63, 3.8) is 0 Å². The molecule has 2 aromatic carbocycles. The highest BCUT2D eigenvalue weighted by Gasteiger charge is 2.33. The molecule has 2 aromatic rings. The molecule has 0 radical (unpaired) electrons. The molecule has 4 rings (SSSR count). The summed E-state index contributed by atoms with van der Waals surface area (Å²) in [6, 6.07) is 8.96. The Morgan fingerprint density at radius 3 is 2.14 bits per heavy atom. The van der Waals surface area contributed by atoms with E-state index in [1.54, 1.807) is 12.1 Å². The van der Waals surface area contributed by atoms with Crippen molar-refractivity contribution in [1.29, 1.82) is 0 Å². The highest BCUT2D eigenvalue weighted by Crippen LogP contribution is 2.40. The molecule has 1 amide bonds. The Morgan fingerprint density at radius 2 is 1.56 bits per heavy atom. The van der Waals surface area contributed by atoms with Crippen LogP contribution in [0, 0.1) is 17.7 Å². The average molecular weight is 505 g/mol. The van der Waals surface area contributed by atoms with Crippen molar-refractivity contribution in [1.82, 2.24) is 4.90 Å². The van der Waals surface area contributed by atoms with E-state index in [1.807, 2.05) is 0 Å². The highest BCUT2D eigenvalue weighted by molar-refractivity contribution is 5.97. The molecule has 0 aromatic heterocycles. The van der Waals surface area contributed by atoms with Crippen molar-refractivity contribution < 1.29 is 27.2 Å². The summed E-state index contributed by atoms with van der Waals surface area (Å²) in [6.07, 6.45) is 1.40. The van der Waals surface area contributed by atoms with Gasteiger partial charge in [-0.05, 0) is 124 Å². The standard InChI is InChI=1S/C28H32F4N2O2/c29-23-8-5-20(6-9-23)26(35)21-12-15-34(16-13-21)14-11-18-1-3-19(4-2-18)25-17-22(28(30,31)32)7-10-24(25)27(33)36/h5-10,17-19,21H,1-4,11-16H2,(H2,33,36). The zero-order valence-corrected chi connectivity index (χ0v) is 20.2. The Bertz CT molecular complexity index is 1070. The van der Waals surface area contributed by atoms with Crippen molar-refractivity contribution in [3.8, 4) is 0 Å². The first kappa shape index (κ1) is 26.3. The first-order valence-corrected chi connectivity index (χ1v) is 12.6. The number of rotatable bonds is 7. The van der Waals surface area contributed by atoms with Gasteiger partial charge in [0.25, 0.3) is 0 Å². The number of hydrogen-bond donors (Lipinski definition) is 1. The maximum absolute atomic E-state index is 13.2. The number of carbonyl (C=O) groups is 2. The van der Waals surface area contributed by atoms with Crippen LogP contribution in [0.2, 0.25) is 0 Å². The molecule has 0 bridgehead atoms. The number of primary amides is 1. The zero-order valence-electron chi connectivity index (χ0n) is 20.2. The molecule has 8 heteroatoms. The van der Waals surface area contributed by atoms with Crippen molar-refractivity contribution in [3.05, 3.63) is 70.5 Å². The van der Waals surface area contributed by atoms with Crippen LogP contribution >= 0.6 is 0 Å². The Hall–Kier alpha value is -2.74. The van der Waals surface area contributed by atoms with Crippen LogP contribution in [0.1, 0.15) is 82.7 Å². The number of ketones is 1. The number of alkyl halides is 3. The quantitative estimate of drug-likeness (QED) is 0.361. The number of nitrogens with zero attached hydrogens (tertiary/aromatic N) is 1. The summed E-state index contributed by atoms with van der Waals surface area (Å²) in [4.78, 5) is 26.9. The fourth-order valence-corrected chi connectivity index (χ4v) is 5.70. The predicted molar refractivity (Wildman–Crippen MR) is 129 cm³/mol. The molecule has 2 fully saturated rings. The van der Waals surface area contributed by atoms with Crippen molar-refractivity contribution in [2.45, 2.75) is 57.0 Å². The third-order valence-electron chi connectivity index (χ3n) is 7.87. The minimum Gasteiger partial charge on any atom is -0.366 e. The van der Waals surface area contributed by atoms with Gasteiger partial charge in [-0.25, -0.2) is 4.39 Å². The van der Waals surface area contributed by atoms with E-state index >= 15 is 0 Å². The second-order valence-corrected chi connectivity index (χ2v) is 10.2. The smallest absolute Gasteiger partial charge is 0.366 e. The van der Waals surface area contributed by atoms with Crippen LogP contribution < -0.4 is 5.73 Å². The molecule has 2 aliphatic rings.